The minimum Gasteiger partial charge on any atom is -0.462 e. The van der Waals surface area contributed by atoms with Gasteiger partial charge in [-0.3, -0.25) is 4.79 Å². The summed E-state index contributed by atoms with van der Waals surface area (Å²) in [7, 11) is 0. The minimum absolute atomic E-state index is 0.112. The van der Waals surface area contributed by atoms with Gasteiger partial charge in [0, 0.05) is 18.5 Å². The summed E-state index contributed by atoms with van der Waals surface area (Å²) in [6.45, 7) is 2.33. The van der Waals surface area contributed by atoms with Gasteiger partial charge in [0.25, 0.3) is 0 Å². The number of rotatable bonds is 9. The Kier molecular flexibility index (Phi) is 6.91. The van der Waals surface area contributed by atoms with Crippen molar-refractivity contribution in [3.8, 4) is 10.7 Å². The van der Waals surface area contributed by atoms with Crippen molar-refractivity contribution in [2.24, 2.45) is 0 Å². The van der Waals surface area contributed by atoms with Crippen LogP contribution in [0, 0.1) is 0 Å². The number of hydrogen-bond acceptors (Lipinski definition) is 7. The van der Waals surface area contributed by atoms with E-state index in [0.29, 0.717) is 48.8 Å². The molecule has 0 atom stereocenters. The van der Waals surface area contributed by atoms with E-state index >= 15 is 0 Å². The molecule has 1 amide bonds. The molecule has 3 aromatic rings. The number of thiophene rings is 1. The van der Waals surface area contributed by atoms with Gasteiger partial charge in [0.15, 0.2) is 0 Å². The fraction of sp³-hybridized carbons (Fsp3) is 0.300. The van der Waals surface area contributed by atoms with E-state index in [1.54, 1.807) is 35.6 Å². The fourth-order valence-electron chi connectivity index (χ4n) is 2.45. The van der Waals surface area contributed by atoms with E-state index in [0.717, 1.165) is 11.3 Å². The van der Waals surface area contributed by atoms with Crippen LogP contribution in [0.4, 0.5) is 5.69 Å². The molecule has 0 saturated carbocycles. The van der Waals surface area contributed by atoms with Crippen molar-refractivity contribution >= 4 is 28.9 Å². The van der Waals surface area contributed by atoms with Crippen LogP contribution in [0.5, 0.6) is 0 Å². The summed E-state index contributed by atoms with van der Waals surface area (Å²) < 4.78 is 10.3. The summed E-state index contributed by atoms with van der Waals surface area (Å²) in [4.78, 5) is 29.1. The van der Waals surface area contributed by atoms with Gasteiger partial charge in [-0.25, -0.2) is 4.79 Å². The van der Waals surface area contributed by atoms with E-state index in [1.807, 2.05) is 24.4 Å². The number of esters is 1. The average molecular weight is 399 g/mol. The molecular weight excluding hydrogens is 378 g/mol. The lowest BCUT2D eigenvalue weighted by Crippen LogP contribution is -2.12. The minimum atomic E-state index is -0.360. The maximum Gasteiger partial charge on any atom is 0.338 e. The number of hydrogen-bond donors (Lipinski definition) is 1. The number of nitrogens with zero attached hydrogens (tertiary/aromatic N) is 2. The van der Waals surface area contributed by atoms with Crippen LogP contribution >= 0.6 is 11.3 Å². The van der Waals surface area contributed by atoms with Gasteiger partial charge < -0.3 is 14.6 Å². The van der Waals surface area contributed by atoms with E-state index < -0.39 is 0 Å². The molecule has 0 aliphatic rings. The number of nitrogens with one attached hydrogen (secondary N) is 1. The first-order valence-electron chi connectivity index (χ1n) is 9.09. The number of benzene rings is 1. The number of aromatic nitrogens is 2. The third-order valence-electron chi connectivity index (χ3n) is 3.85. The summed E-state index contributed by atoms with van der Waals surface area (Å²) in [6.07, 6.45) is 2.24. The number of amides is 1. The van der Waals surface area contributed by atoms with E-state index in [9.17, 15) is 9.59 Å². The largest absolute Gasteiger partial charge is 0.462 e. The van der Waals surface area contributed by atoms with E-state index in [2.05, 4.69) is 15.5 Å². The first kappa shape index (κ1) is 19.8. The molecule has 0 aliphatic carbocycles. The van der Waals surface area contributed by atoms with Crippen molar-refractivity contribution in [3.05, 3.63) is 53.2 Å². The molecule has 2 aromatic heterocycles. The van der Waals surface area contributed by atoms with Gasteiger partial charge in [-0.05, 0) is 48.6 Å². The Morgan fingerprint density at radius 2 is 2.04 bits per heavy atom. The normalized spacial score (nSPS) is 10.6. The highest BCUT2D eigenvalue weighted by Gasteiger charge is 2.11. The molecular formula is C20H21N3O4S. The molecule has 0 fully saturated rings. The number of carbonyl (C=O) groups excluding carboxylic acids is 2. The summed E-state index contributed by atoms with van der Waals surface area (Å²) in [5, 5.41) is 8.71. The topological polar surface area (TPSA) is 94.3 Å². The van der Waals surface area contributed by atoms with Gasteiger partial charge in [-0.2, -0.15) is 4.98 Å². The van der Waals surface area contributed by atoms with Crippen LogP contribution in [0.3, 0.4) is 0 Å². The maximum absolute atomic E-state index is 12.1. The lowest BCUT2D eigenvalue weighted by molar-refractivity contribution is -0.116. The standard InChI is InChI=1S/C20H21N3O4S/c1-2-12-26-20(25)14-8-10-15(11-9-14)21-17(24)6-3-7-18-22-19(23-27-18)16-5-4-13-28-16/h4-5,8-11,13H,2-3,6-7,12H2,1H3,(H,21,24). The van der Waals surface area contributed by atoms with Gasteiger partial charge in [-0.1, -0.05) is 18.1 Å². The Morgan fingerprint density at radius 1 is 1.21 bits per heavy atom. The molecule has 0 unspecified atom stereocenters. The molecule has 0 spiro atoms. The Morgan fingerprint density at radius 3 is 2.75 bits per heavy atom. The third kappa shape index (κ3) is 5.50. The predicted molar refractivity (Wildman–Crippen MR) is 106 cm³/mol. The molecule has 3 rings (SSSR count). The van der Waals surface area contributed by atoms with Gasteiger partial charge >= 0.3 is 5.97 Å². The second kappa shape index (κ2) is 9.80. The molecule has 28 heavy (non-hydrogen) atoms. The van der Waals surface area contributed by atoms with E-state index in [4.69, 9.17) is 9.26 Å². The van der Waals surface area contributed by atoms with Gasteiger partial charge in [0.1, 0.15) is 0 Å². The quantitative estimate of drug-likeness (QED) is 0.538. The van der Waals surface area contributed by atoms with Crippen LogP contribution in [0.2, 0.25) is 0 Å². The molecule has 0 aliphatic heterocycles. The Bertz CT molecular complexity index is 904. The van der Waals surface area contributed by atoms with Gasteiger partial charge in [0.05, 0.1) is 17.0 Å². The second-order valence-electron chi connectivity index (χ2n) is 6.10. The second-order valence-corrected chi connectivity index (χ2v) is 7.05. The molecule has 1 aromatic carbocycles. The number of aryl methyl sites for hydroxylation is 1. The zero-order valence-electron chi connectivity index (χ0n) is 15.5. The van der Waals surface area contributed by atoms with Crippen LogP contribution in [-0.2, 0) is 16.0 Å². The number of anilines is 1. The monoisotopic (exact) mass is 399 g/mol. The van der Waals surface area contributed by atoms with E-state index in [-0.39, 0.29) is 11.9 Å². The molecule has 8 heteroatoms. The summed E-state index contributed by atoms with van der Waals surface area (Å²) in [5.74, 6) is 0.624. The van der Waals surface area contributed by atoms with Crippen LogP contribution in [-0.4, -0.2) is 28.6 Å². The first-order chi connectivity index (χ1) is 13.7. The zero-order chi connectivity index (χ0) is 19.8. The van der Waals surface area contributed by atoms with Crippen molar-refractivity contribution in [2.75, 3.05) is 11.9 Å². The Balaban J connectivity index is 1.42. The van der Waals surface area contributed by atoms with Crippen molar-refractivity contribution in [1.82, 2.24) is 10.1 Å². The number of ether oxygens (including phenoxy) is 1. The predicted octanol–water partition coefficient (Wildman–Crippen LogP) is 4.33. The summed E-state index contributed by atoms with van der Waals surface area (Å²) in [5.41, 5.74) is 1.10. The lowest BCUT2D eigenvalue weighted by atomic mass is 10.2. The molecule has 1 N–H and O–H groups in total. The highest BCUT2D eigenvalue weighted by atomic mass is 32.1. The first-order valence-corrected chi connectivity index (χ1v) is 9.97. The molecule has 7 nitrogen and oxygen atoms in total. The molecule has 0 radical (unpaired) electrons. The van der Waals surface area contributed by atoms with Crippen molar-refractivity contribution in [1.29, 1.82) is 0 Å². The van der Waals surface area contributed by atoms with Crippen LogP contribution in [0.15, 0.2) is 46.3 Å². The SMILES string of the molecule is CCCOC(=O)c1ccc(NC(=O)CCCc2nc(-c3cccs3)no2)cc1. The molecule has 2 heterocycles. The highest BCUT2D eigenvalue weighted by Crippen LogP contribution is 2.21. The van der Waals surface area contributed by atoms with Crippen molar-refractivity contribution < 1.29 is 18.8 Å². The molecule has 0 bridgehead atoms. The molecule has 0 saturated heterocycles. The summed E-state index contributed by atoms with van der Waals surface area (Å²) >= 11 is 1.55. The highest BCUT2D eigenvalue weighted by molar-refractivity contribution is 7.13. The van der Waals surface area contributed by atoms with Gasteiger partial charge in [-0.15, -0.1) is 11.3 Å². The van der Waals surface area contributed by atoms with Crippen LogP contribution < -0.4 is 5.32 Å². The third-order valence-corrected chi connectivity index (χ3v) is 4.71. The summed E-state index contributed by atoms with van der Waals surface area (Å²) in [6, 6.07) is 10.5. The fourth-order valence-corrected chi connectivity index (χ4v) is 3.10. The maximum atomic E-state index is 12.1. The zero-order valence-corrected chi connectivity index (χ0v) is 16.3. The van der Waals surface area contributed by atoms with Crippen molar-refractivity contribution in [3.63, 3.8) is 0 Å². The Hall–Kier alpha value is -3.00. The van der Waals surface area contributed by atoms with Gasteiger partial charge in [0.2, 0.25) is 17.6 Å². The van der Waals surface area contributed by atoms with Crippen molar-refractivity contribution in [2.45, 2.75) is 32.6 Å². The lowest BCUT2D eigenvalue weighted by Gasteiger charge is -2.06. The molecule has 146 valence electrons. The number of carbonyl (C=O) groups is 2. The van der Waals surface area contributed by atoms with E-state index in [1.165, 1.54) is 0 Å². The Labute approximate surface area is 166 Å². The van der Waals surface area contributed by atoms with Crippen LogP contribution in [0.1, 0.15) is 42.4 Å². The van der Waals surface area contributed by atoms with Crippen LogP contribution in [0.25, 0.3) is 10.7 Å². The smallest absolute Gasteiger partial charge is 0.338 e. The average Bonchev–Trinajstić information content (AvgIpc) is 3.38.